The molecule has 0 aliphatic carbocycles. The highest BCUT2D eigenvalue weighted by Crippen LogP contribution is 2.09. The zero-order chi connectivity index (χ0) is 18.3. The number of sulfonamides is 1. The summed E-state index contributed by atoms with van der Waals surface area (Å²) in [4.78, 5) is 11.7. The van der Waals surface area contributed by atoms with Crippen molar-refractivity contribution in [3.05, 3.63) is 71.7 Å². The summed E-state index contributed by atoms with van der Waals surface area (Å²) < 4.78 is 35.7. The van der Waals surface area contributed by atoms with Gasteiger partial charge in [0.15, 0.2) is 0 Å². The molecule has 2 amide bonds. The van der Waals surface area contributed by atoms with Crippen LogP contribution in [-0.4, -0.2) is 21.0 Å². The van der Waals surface area contributed by atoms with Crippen molar-refractivity contribution in [3.63, 3.8) is 0 Å². The summed E-state index contributed by atoms with van der Waals surface area (Å²) in [6.45, 7) is 0.355. The van der Waals surface area contributed by atoms with Crippen molar-refractivity contribution in [3.8, 4) is 0 Å². The van der Waals surface area contributed by atoms with Gasteiger partial charge < -0.3 is 10.6 Å². The number of amides is 2. The van der Waals surface area contributed by atoms with E-state index < -0.39 is 16.1 Å². The van der Waals surface area contributed by atoms with Crippen molar-refractivity contribution in [1.29, 1.82) is 0 Å². The zero-order valence-corrected chi connectivity index (χ0v) is 14.1. The molecule has 8 heteroatoms. The minimum absolute atomic E-state index is 0.0419. The third-order valence-corrected chi connectivity index (χ3v) is 4.26. The van der Waals surface area contributed by atoms with Crippen LogP contribution in [0, 0.1) is 5.82 Å². The number of nitrogens with one attached hydrogen (secondary N) is 2. The van der Waals surface area contributed by atoms with E-state index in [1.165, 1.54) is 30.5 Å². The standard InChI is InChI=1S/C17H18FN3O3S/c18-16-4-2-1-3-14(16)10-12-21-17(22)20-11-9-13-5-7-15(8-6-13)25(19,23)24/h1-8,10,12H,9,11H2,(H2,19,23,24)(H2,20,21,22)/b12-10+. The Labute approximate surface area is 145 Å². The van der Waals surface area contributed by atoms with Crippen molar-refractivity contribution in [2.24, 2.45) is 5.14 Å². The number of hydrogen-bond donors (Lipinski definition) is 3. The van der Waals surface area contributed by atoms with Gasteiger partial charge in [-0.2, -0.15) is 0 Å². The first-order chi connectivity index (χ1) is 11.9. The molecule has 0 aliphatic rings. The highest BCUT2D eigenvalue weighted by molar-refractivity contribution is 7.89. The Morgan fingerprint density at radius 3 is 2.44 bits per heavy atom. The van der Waals surface area contributed by atoms with Crippen molar-refractivity contribution in [2.75, 3.05) is 6.54 Å². The lowest BCUT2D eigenvalue weighted by Gasteiger charge is -2.05. The molecule has 0 unspecified atom stereocenters. The first-order valence-corrected chi connectivity index (χ1v) is 8.98. The van der Waals surface area contributed by atoms with Gasteiger partial charge in [0.05, 0.1) is 4.90 Å². The van der Waals surface area contributed by atoms with Crippen molar-refractivity contribution in [2.45, 2.75) is 11.3 Å². The summed E-state index contributed by atoms with van der Waals surface area (Å²) in [6, 6.07) is 11.9. The molecule has 0 aromatic heterocycles. The second-order valence-electron chi connectivity index (χ2n) is 5.19. The Bertz CT molecular complexity index is 865. The average Bonchev–Trinajstić information content (AvgIpc) is 2.56. The molecular formula is C17H18FN3O3S. The third kappa shape index (κ3) is 6.02. The number of hydrogen-bond acceptors (Lipinski definition) is 3. The maximum absolute atomic E-state index is 13.4. The molecule has 2 rings (SSSR count). The van der Waals surface area contributed by atoms with Crippen LogP contribution in [0.25, 0.3) is 6.08 Å². The highest BCUT2D eigenvalue weighted by Gasteiger charge is 2.06. The second kappa shape index (κ2) is 8.41. The minimum Gasteiger partial charge on any atom is -0.338 e. The molecule has 6 nitrogen and oxygen atoms in total. The van der Waals surface area contributed by atoms with E-state index in [0.717, 1.165) is 5.56 Å². The molecular weight excluding hydrogens is 345 g/mol. The number of nitrogens with two attached hydrogens (primary N) is 1. The molecule has 0 radical (unpaired) electrons. The summed E-state index contributed by atoms with van der Waals surface area (Å²) in [7, 11) is -3.70. The smallest absolute Gasteiger partial charge is 0.318 e. The highest BCUT2D eigenvalue weighted by atomic mass is 32.2. The number of primary sulfonamides is 1. The number of urea groups is 1. The predicted molar refractivity (Wildman–Crippen MR) is 93.5 cm³/mol. The van der Waals surface area contributed by atoms with Crippen LogP contribution < -0.4 is 15.8 Å². The van der Waals surface area contributed by atoms with Crippen LogP contribution in [0.3, 0.4) is 0 Å². The topological polar surface area (TPSA) is 101 Å². The Morgan fingerprint density at radius 2 is 1.80 bits per heavy atom. The lowest BCUT2D eigenvalue weighted by molar-refractivity contribution is 0.244. The first kappa shape index (κ1) is 18.6. The van der Waals surface area contributed by atoms with E-state index in [1.54, 1.807) is 30.3 Å². The molecule has 0 atom stereocenters. The maximum atomic E-state index is 13.4. The molecule has 0 aliphatic heterocycles. The Kier molecular flexibility index (Phi) is 6.26. The quantitative estimate of drug-likeness (QED) is 0.731. The van der Waals surface area contributed by atoms with Crippen LogP contribution in [0.5, 0.6) is 0 Å². The van der Waals surface area contributed by atoms with Crippen LogP contribution in [0.4, 0.5) is 9.18 Å². The van der Waals surface area contributed by atoms with Gasteiger partial charge in [0.2, 0.25) is 10.0 Å². The van der Waals surface area contributed by atoms with Crippen LogP contribution in [0.2, 0.25) is 0 Å². The van der Waals surface area contributed by atoms with Crippen molar-refractivity contribution in [1.82, 2.24) is 10.6 Å². The molecule has 0 bridgehead atoms. The second-order valence-corrected chi connectivity index (χ2v) is 6.76. The molecule has 0 spiro atoms. The molecule has 132 valence electrons. The molecule has 0 saturated heterocycles. The van der Waals surface area contributed by atoms with E-state index in [1.807, 2.05) is 0 Å². The van der Waals surface area contributed by atoms with Crippen molar-refractivity contribution >= 4 is 22.1 Å². The molecule has 25 heavy (non-hydrogen) atoms. The molecule has 0 heterocycles. The Morgan fingerprint density at radius 1 is 1.12 bits per heavy atom. The predicted octanol–water partition coefficient (Wildman–Crippen LogP) is 1.99. The number of carbonyl (C=O) groups excluding carboxylic acids is 1. The van der Waals surface area contributed by atoms with E-state index in [4.69, 9.17) is 5.14 Å². The van der Waals surface area contributed by atoms with Crippen LogP contribution in [-0.2, 0) is 16.4 Å². The van der Waals surface area contributed by atoms with E-state index in [2.05, 4.69) is 10.6 Å². The SMILES string of the molecule is NS(=O)(=O)c1ccc(CCNC(=O)N/C=C/c2ccccc2F)cc1. The van der Waals surface area contributed by atoms with E-state index in [-0.39, 0.29) is 10.7 Å². The third-order valence-electron chi connectivity index (χ3n) is 3.33. The lowest BCUT2D eigenvalue weighted by Crippen LogP contribution is -2.33. The van der Waals surface area contributed by atoms with Gasteiger partial charge in [0, 0.05) is 18.3 Å². The van der Waals surface area contributed by atoms with E-state index >= 15 is 0 Å². The van der Waals surface area contributed by atoms with Gasteiger partial charge in [0.1, 0.15) is 5.82 Å². The van der Waals surface area contributed by atoms with Gasteiger partial charge >= 0.3 is 6.03 Å². The van der Waals surface area contributed by atoms with Gasteiger partial charge in [0.25, 0.3) is 0 Å². The largest absolute Gasteiger partial charge is 0.338 e. The number of carbonyl (C=O) groups is 1. The first-order valence-electron chi connectivity index (χ1n) is 7.43. The van der Waals surface area contributed by atoms with Gasteiger partial charge in [-0.3, -0.25) is 0 Å². The summed E-state index contributed by atoms with van der Waals surface area (Å²) in [5.41, 5.74) is 1.23. The summed E-state index contributed by atoms with van der Waals surface area (Å²) in [5.74, 6) is -0.371. The fraction of sp³-hybridized carbons (Fsp3) is 0.118. The summed E-state index contributed by atoms with van der Waals surface area (Å²) in [5, 5.41) is 10.1. The fourth-order valence-electron chi connectivity index (χ4n) is 2.03. The molecule has 4 N–H and O–H groups in total. The van der Waals surface area contributed by atoms with Crippen LogP contribution in [0.1, 0.15) is 11.1 Å². The molecule has 2 aromatic carbocycles. The Hall–Kier alpha value is -2.71. The average molecular weight is 363 g/mol. The molecule has 0 fully saturated rings. The Balaban J connectivity index is 1.76. The number of halogens is 1. The normalized spacial score (nSPS) is 11.4. The summed E-state index contributed by atoms with van der Waals surface area (Å²) in [6.07, 6.45) is 3.34. The maximum Gasteiger partial charge on any atom is 0.318 e. The van der Waals surface area contributed by atoms with Gasteiger partial charge in [-0.15, -0.1) is 0 Å². The fourth-order valence-corrected chi connectivity index (χ4v) is 2.55. The zero-order valence-electron chi connectivity index (χ0n) is 13.3. The number of benzene rings is 2. The van der Waals surface area contributed by atoms with Gasteiger partial charge in [-0.05, 0) is 36.3 Å². The van der Waals surface area contributed by atoms with E-state index in [9.17, 15) is 17.6 Å². The number of rotatable bonds is 6. The monoisotopic (exact) mass is 363 g/mol. The van der Waals surface area contributed by atoms with E-state index in [0.29, 0.717) is 18.5 Å². The van der Waals surface area contributed by atoms with Crippen molar-refractivity contribution < 1.29 is 17.6 Å². The van der Waals surface area contributed by atoms with Crippen LogP contribution in [0.15, 0.2) is 59.6 Å². The minimum atomic E-state index is -3.70. The van der Waals surface area contributed by atoms with Gasteiger partial charge in [-0.25, -0.2) is 22.7 Å². The molecule has 0 saturated carbocycles. The lowest BCUT2D eigenvalue weighted by atomic mass is 10.1. The van der Waals surface area contributed by atoms with Crippen LogP contribution >= 0.6 is 0 Å². The summed E-state index contributed by atoms with van der Waals surface area (Å²) >= 11 is 0. The molecule has 2 aromatic rings. The van der Waals surface area contributed by atoms with Gasteiger partial charge in [-0.1, -0.05) is 30.3 Å².